The number of carbonyl (C=O) groups is 2. The minimum absolute atomic E-state index is 0.0528. The molecule has 1 fully saturated rings. The van der Waals surface area contributed by atoms with Gasteiger partial charge < -0.3 is 4.74 Å². The first-order chi connectivity index (χ1) is 10.1. The fraction of sp³-hybridized carbons (Fsp3) is 0.556. The maximum Gasteiger partial charge on any atom is 0.317 e. The van der Waals surface area contributed by atoms with Crippen LogP contribution in [0.3, 0.4) is 0 Å². The quantitative estimate of drug-likeness (QED) is 0.363. The minimum atomic E-state index is -0.399. The molecule has 0 aromatic rings. The molecule has 0 aromatic carbocycles. The molecule has 0 aliphatic carbocycles. The van der Waals surface area contributed by atoms with Crippen LogP contribution in [-0.4, -0.2) is 11.9 Å². The second kappa shape index (κ2) is 9.32. The number of ether oxygens (including phenoxy) is 1. The number of carbonyl (C=O) groups excluding carboxylic acids is 2. The molecule has 116 valence electrons. The van der Waals surface area contributed by atoms with E-state index in [-0.39, 0.29) is 24.2 Å². The highest BCUT2D eigenvalue weighted by Gasteiger charge is 2.37. The molecular weight excluding hydrogens is 264 g/mol. The van der Waals surface area contributed by atoms with Gasteiger partial charge in [-0.3, -0.25) is 9.59 Å². The maximum atomic E-state index is 11.7. The van der Waals surface area contributed by atoms with Crippen LogP contribution in [0.2, 0.25) is 0 Å². The first-order valence-corrected chi connectivity index (χ1v) is 7.77. The summed E-state index contributed by atoms with van der Waals surface area (Å²) in [6.45, 7) is 7.97. The number of esters is 2. The Bertz CT molecular complexity index is 420. The number of cyclic esters (lactones) is 2. The smallest absolute Gasteiger partial charge is 0.317 e. The predicted octanol–water partition coefficient (Wildman–Crippen LogP) is 4.21. The Kier molecular flexibility index (Phi) is 7.73. The first-order valence-electron chi connectivity index (χ1n) is 7.77. The summed E-state index contributed by atoms with van der Waals surface area (Å²) < 4.78 is 4.66. The Hall–Kier alpha value is -1.64. The maximum absolute atomic E-state index is 11.7. The summed E-state index contributed by atoms with van der Waals surface area (Å²) in [4.78, 5) is 22.9. The van der Waals surface area contributed by atoms with Crippen molar-refractivity contribution in [2.45, 2.75) is 46.0 Å². The van der Waals surface area contributed by atoms with E-state index in [2.05, 4.69) is 37.3 Å². The number of rotatable bonds is 9. The van der Waals surface area contributed by atoms with Crippen LogP contribution in [0, 0.1) is 17.8 Å². The molecule has 1 aliphatic heterocycles. The van der Waals surface area contributed by atoms with Crippen molar-refractivity contribution >= 4 is 11.9 Å². The molecule has 3 unspecified atom stereocenters. The van der Waals surface area contributed by atoms with Gasteiger partial charge in [0.1, 0.15) is 0 Å². The highest BCUT2D eigenvalue weighted by atomic mass is 16.6. The molecule has 0 N–H and O–H groups in total. The van der Waals surface area contributed by atoms with E-state index in [1.807, 2.05) is 18.2 Å². The van der Waals surface area contributed by atoms with Crippen LogP contribution in [-0.2, 0) is 14.3 Å². The van der Waals surface area contributed by atoms with Crippen LogP contribution < -0.4 is 0 Å². The van der Waals surface area contributed by atoms with E-state index in [1.165, 1.54) is 0 Å². The van der Waals surface area contributed by atoms with Gasteiger partial charge >= 0.3 is 11.9 Å². The molecule has 3 heteroatoms. The average molecular weight is 290 g/mol. The topological polar surface area (TPSA) is 43.4 Å². The molecule has 0 radical (unpaired) electrons. The third kappa shape index (κ3) is 6.11. The lowest BCUT2D eigenvalue weighted by atomic mass is 9.87. The van der Waals surface area contributed by atoms with E-state index >= 15 is 0 Å². The summed E-state index contributed by atoms with van der Waals surface area (Å²) in [6.07, 6.45) is 14.3. The predicted molar refractivity (Wildman–Crippen MR) is 84.5 cm³/mol. The normalized spacial score (nSPS) is 21.9. The van der Waals surface area contributed by atoms with Crippen molar-refractivity contribution in [2.75, 3.05) is 0 Å². The van der Waals surface area contributed by atoms with Crippen molar-refractivity contribution in [3.63, 3.8) is 0 Å². The van der Waals surface area contributed by atoms with Gasteiger partial charge in [-0.2, -0.15) is 0 Å². The number of allylic oxidation sites excluding steroid dienone is 5. The lowest BCUT2D eigenvalue weighted by Crippen LogP contribution is -2.17. The van der Waals surface area contributed by atoms with Crippen LogP contribution in [0.15, 0.2) is 37.0 Å². The number of hydrogen-bond donors (Lipinski definition) is 0. The average Bonchev–Trinajstić information content (AvgIpc) is 2.80. The summed E-state index contributed by atoms with van der Waals surface area (Å²) in [5.74, 6) is -0.523. The van der Waals surface area contributed by atoms with Gasteiger partial charge in [-0.25, -0.2) is 0 Å². The van der Waals surface area contributed by atoms with Crippen LogP contribution in [0.4, 0.5) is 0 Å². The first kappa shape index (κ1) is 17.4. The molecule has 0 aromatic heterocycles. The zero-order valence-corrected chi connectivity index (χ0v) is 13.1. The number of hydrogen-bond acceptors (Lipinski definition) is 3. The van der Waals surface area contributed by atoms with E-state index in [1.54, 1.807) is 0 Å². The molecule has 1 saturated heterocycles. The van der Waals surface area contributed by atoms with Gasteiger partial charge in [-0.1, -0.05) is 44.2 Å². The fourth-order valence-corrected chi connectivity index (χ4v) is 2.35. The summed E-state index contributed by atoms with van der Waals surface area (Å²) >= 11 is 0. The van der Waals surface area contributed by atoms with Gasteiger partial charge in [0.05, 0.1) is 12.3 Å². The van der Waals surface area contributed by atoms with Crippen molar-refractivity contribution in [1.29, 1.82) is 0 Å². The van der Waals surface area contributed by atoms with E-state index in [9.17, 15) is 9.59 Å². The second-order valence-corrected chi connectivity index (χ2v) is 5.60. The molecule has 1 heterocycles. The van der Waals surface area contributed by atoms with Gasteiger partial charge in [-0.05, 0) is 37.5 Å². The highest BCUT2D eigenvalue weighted by Crippen LogP contribution is 2.28. The van der Waals surface area contributed by atoms with Gasteiger partial charge in [0.15, 0.2) is 0 Å². The van der Waals surface area contributed by atoms with Crippen molar-refractivity contribution in [3.8, 4) is 0 Å². The minimum Gasteiger partial charge on any atom is -0.393 e. The summed E-state index contributed by atoms with van der Waals surface area (Å²) in [5, 5.41) is 0. The summed E-state index contributed by atoms with van der Waals surface area (Å²) in [7, 11) is 0. The highest BCUT2D eigenvalue weighted by molar-refractivity contribution is 5.94. The molecule has 0 bridgehead atoms. The summed E-state index contributed by atoms with van der Waals surface area (Å²) in [6, 6.07) is 0. The van der Waals surface area contributed by atoms with Crippen molar-refractivity contribution in [3.05, 3.63) is 37.0 Å². The van der Waals surface area contributed by atoms with Gasteiger partial charge in [-0.15, -0.1) is 6.58 Å². The van der Waals surface area contributed by atoms with E-state index in [0.717, 1.165) is 25.7 Å². The van der Waals surface area contributed by atoms with Crippen LogP contribution >= 0.6 is 0 Å². The fourth-order valence-electron chi connectivity index (χ4n) is 2.35. The van der Waals surface area contributed by atoms with Crippen molar-refractivity contribution < 1.29 is 14.3 Å². The third-order valence-corrected chi connectivity index (χ3v) is 3.81. The molecule has 1 rings (SSSR count). The standard InChI is InChI=1S/C18H26O3/c1-4-6-11-15(16-13-17(19)21-18(16)20)12-9-7-8-10-14(3)5-2/h5-7,9,11,14-16H,2,4,8,10,12-13H2,1,3H3/b9-7+,11-6+. The molecule has 3 nitrogen and oxygen atoms in total. The molecule has 0 spiro atoms. The zero-order valence-electron chi connectivity index (χ0n) is 13.1. The van der Waals surface area contributed by atoms with Crippen molar-refractivity contribution in [1.82, 2.24) is 0 Å². The molecule has 1 aliphatic rings. The Morgan fingerprint density at radius 3 is 2.67 bits per heavy atom. The van der Waals surface area contributed by atoms with Gasteiger partial charge in [0.25, 0.3) is 0 Å². The molecule has 21 heavy (non-hydrogen) atoms. The lowest BCUT2D eigenvalue weighted by Gasteiger charge is -2.14. The Balaban J connectivity index is 2.52. The largest absolute Gasteiger partial charge is 0.393 e. The van der Waals surface area contributed by atoms with Crippen LogP contribution in [0.25, 0.3) is 0 Å². The lowest BCUT2D eigenvalue weighted by molar-refractivity contribution is -0.153. The Morgan fingerprint density at radius 1 is 1.33 bits per heavy atom. The molecule has 3 atom stereocenters. The Labute approximate surface area is 127 Å². The Morgan fingerprint density at radius 2 is 2.10 bits per heavy atom. The third-order valence-electron chi connectivity index (χ3n) is 3.81. The van der Waals surface area contributed by atoms with Gasteiger partial charge in [0.2, 0.25) is 0 Å². The van der Waals surface area contributed by atoms with E-state index in [0.29, 0.717) is 5.92 Å². The van der Waals surface area contributed by atoms with Crippen LogP contribution in [0.5, 0.6) is 0 Å². The van der Waals surface area contributed by atoms with Crippen LogP contribution in [0.1, 0.15) is 46.0 Å². The monoisotopic (exact) mass is 290 g/mol. The van der Waals surface area contributed by atoms with Gasteiger partial charge in [0, 0.05) is 0 Å². The second-order valence-electron chi connectivity index (χ2n) is 5.60. The summed E-state index contributed by atoms with van der Waals surface area (Å²) in [5.41, 5.74) is 0. The van der Waals surface area contributed by atoms with Crippen molar-refractivity contribution in [2.24, 2.45) is 17.8 Å². The van der Waals surface area contributed by atoms with E-state index < -0.39 is 5.97 Å². The molecule has 0 amide bonds. The molecular formula is C18H26O3. The van der Waals surface area contributed by atoms with E-state index in [4.69, 9.17) is 0 Å². The zero-order chi connectivity index (χ0) is 15.7. The molecule has 0 saturated carbocycles. The SMILES string of the molecule is C=CC(C)CC/C=C/CC(/C=C/CC)C1CC(=O)OC1=O.